The lowest BCUT2D eigenvalue weighted by atomic mass is 10.1. The van der Waals surface area contributed by atoms with Gasteiger partial charge in [0.15, 0.2) is 0 Å². The Morgan fingerprint density at radius 3 is 2.26 bits per heavy atom. The molecular weight excluding hydrogens is 386 g/mol. The third-order valence-corrected chi connectivity index (χ3v) is 6.31. The molecule has 0 aliphatic carbocycles. The Morgan fingerprint density at radius 2 is 1.58 bits per heavy atom. The lowest BCUT2D eigenvalue weighted by Crippen LogP contribution is -2.43. The number of hydrogen-bond donors (Lipinski definition) is 0. The summed E-state index contributed by atoms with van der Waals surface area (Å²) < 4.78 is 9.64. The summed E-state index contributed by atoms with van der Waals surface area (Å²) in [5.74, 6) is 0.866. The zero-order valence-electron chi connectivity index (χ0n) is 18.5. The van der Waals surface area contributed by atoms with E-state index in [9.17, 15) is 0 Å². The minimum Gasteiger partial charge on any atom is -0.497 e. The number of rotatable bonds is 5. The van der Waals surface area contributed by atoms with Gasteiger partial charge < -0.3 is 14.2 Å². The van der Waals surface area contributed by atoms with Crippen molar-refractivity contribution in [3.8, 4) is 28.3 Å². The molecule has 1 fully saturated rings. The van der Waals surface area contributed by atoms with Crippen LogP contribution in [0.2, 0.25) is 0 Å². The lowest BCUT2D eigenvalue weighted by Gasteiger charge is -2.32. The van der Waals surface area contributed by atoms with E-state index in [0.717, 1.165) is 61.1 Å². The average molecular weight is 416 g/mol. The van der Waals surface area contributed by atoms with E-state index < -0.39 is 0 Å². The number of ether oxygens (including phenoxy) is 1. The molecule has 0 N–H and O–H groups in total. The van der Waals surface area contributed by atoms with Crippen LogP contribution in [0.25, 0.3) is 28.2 Å². The minimum atomic E-state index is 0.866. The molecule has 1 saturated heterocycles. The zero-order valence-corrected chi connectivity index (χ0v) is 18.5. The molecule has 2 aromatic heterocycles. The van der Waals surface area contributed by atoms with Crippen molar-refractivity contribution in [2.45, 2.75) is 6.54 Å². The van der Waals surface area contributed by atoms with Crippen LogP contribution in [0.5, 0.6) is 5.75 Å². The van der Waals surface area contributed by atoms with Gasteiger partial charge in [-0.25, -0.2) is 4.52 Å². The molecule has 0 spiro atoms. The number of aryl methyl sites for hydroxylation is 1. The summed E-state index contributed by atoms with van der Waals surface area (Å²) in [6.07, 6.45) is 2.14. The summed E-state index contributed by atoms with van der Waals surface area (Å²) in [7, 11) is 6.03. The standard InChI is InChI=1S/C25H29N5O/c1-27-13-15-29(16-14-27)17-22-24(20-7-5-4-6-8-20)26-30-18-23(28(2)25(22)30)19-9-11-21(31-3)12-10-19/h4-12,18H,13-17H2,1-3H3. The molecule has 6 nitrogen and oxygen atoms in total. The molecular formula is C25H29N5O. The van der Waals surface area contributed by atoms with E-state index in [1.54, 1.807) is 7.11 Å². The quantitative estimate of drug-likeness (QED) is 0.497. The number of nitrogens with zero attached hydrogens (tertiary/aromatic N) is 5. The summed E-state index contributed by atoms with van der Waals surface area (Å²) in [6, 6.07) is 18.7. The molecule has 1 aliphatic rings. The number of imidazole rings is 1. The first kappa shape index (κ1) is 19.8. The number of fused-ring (bicyclic) bond motifs is 1. The van der Waals surface area contributed by atoms with Crippen molar-refractivity contribution in [2.75, 3.05) is 40.3 Å². The highest BCUT2D eigenvalue weighted by Crippen LogP contribution is 2.32. The van der Waals surface area contributed by atoms with E-state index in [1.165, 1.54) is 11.1 Å². The van der Waals surface area contributed by atoms with Crippen LogP contribution in [-0.2, 0) is 13.6 Å². The molecule has 3 heterocycles. The molecule has 4 aromatic rings. The number of piperazine rings is 1. The molecule has 160 valence electrons. The Hall–Kier alpha value is -3.09. The van der Waals surface area contributed by atoms with Crippen molar-refractivity contribution in [2.24, 2.45) is 7.05 Å². The highest BCUT2D eigenvalue weighted by molar-refractivity contribution is 5.74. The molecule has 0 saturated carbocycles. The number of benzene rings is 2. The van der Waals surface area contributed by atoms with E-state index in [-0.39, 0.29) is 0 Å². The van der Waals surface area contributed by atoms with Crippen LogP contribution < -0.4 is 4.74 Å². The summed E-state index contributed by atoms with van der Waals surface area (Å²) in [5, 5.41) is 5.04. The smallest absolute Gasteiger partial charge is 0.141 e. The number of hydrogen-bond acceptors (Lipinski definition) is 4. The first-order valence-corrected chi connectivity index (χ1v) is 10.8. The Morgan fingerprint density at radius 1 is 0.871 bits per heavy atom. The Bertz CT molecular complexity index is 1170. The van der Waals surface area contributed by atoms with Crippen molar-refractivity contribution in [3.05, 3.63) is 66.4 Å². The molecule has 0 unspecified atom stereocenters. The first-order valence-electron chi connectivity index (χ1n) is 10.8. The minimum absolute atomic E-state index is 0.866. The molecule has 6 heteroatoms. The zero-order chi connectivity index (χ0) is 21.4. The molecule has 0 amide bonds. The van der Waals surface area contributed by atoms with Crippen molar-refractivity contribution < 1.29 is 4.74 Å². The van der Waals surface area contributed by atoms with Crippen LogP contribution >= 0.6 is 0 Å². The van der Waals surface area contributed by atoms with Crippen molar-refractivity contribution in [1.82, 2.24) is 24.0 Å². The fraction of sp³-hybridized carbons (Fsp3) is 0.320. The molecule has 5 rings (SSSR count). The fourth-order valence-corrected chi connectivity index (χ4v) is 4.46. The van der Waals surface area contributed by atoms with Crippen LogP contribution in [0.4, 0.5) is 0 Å². The maximum atomic E-state index is 5.32. The van der Waals surface area contributed by atoms with Crippen molar-refractivity contribution in [3.63, 3.8) is 0 Å². The first-order chi connectivity index (χ1) is 15.1. The van der Waals surface area contributed by atoms with Gasteiger partial charge in [0.25, 0.3) is 0 Å². The van der Waals surface area contributed by atoms with Gasteiger partial charge in [0.05, 0.1) is 24.7 Å². The maximum absolute atomic E-state index is 5.32. The van der Waals surface area contributed by atoms with Gasteiger partial charge in [-0.3, -0.25) is 4.90 Å². The van der Waals surface area contributed by atoms with Gasteiger partial charge in [-0.05, 0) is 31.3 Å². The van der Waals surface area contributed by atoms with Crippen LogP contribution in [0.15, 0.2) is 60.8 Å². The maximum Gasteiger partial charge on any atom is 0.141 e. The van der Waals surface area contributed by atoms with E-state index >= 15 is 0 Å². The van der Waals surface area contributed by atoms with Crippen LogP contribution in [-0.4, -0.2) is 64.3 Å². The predicted octanol–water partition coefficient (Wildman–Crippen LogP) is 3.76. The van der Waals surface area contributed by atoms with Gasteiger partial charge in [0.2, 0.25) is 0 Å². The Balaban J connectivity index is 1.60. The van der Waals surface area contributed by atoms with Crippen LogP contribution in [0.1, 0.15) is 5.56 Å². The summed E-state index contributed by atoms with van der Waals surface area (Å²) >= 11 is 0. The van der Waals surface area contributed by atoms with Gasteiger partial charge in [0, 0.05) is 56.5 Å². The SMILES string of the molecule is COc1ccc(-c2cn3nc(-c4ccccc4)c(CN4CCN(C)CC4)c3n2C)cc1. The molecule has 0 bridgehead atoms. The van der Waals surface area contributed by atoms with E-state index in [0.29, 0.717) is 0 Å². The second kappa shape index (κ2) is 8.21. The monoisotopic (exact) mass is 415 g/mol. The summed E-state index contributed by atoms with van der Waals surface area (Å²) in [5.41, 5.74) is 6.99. The lowest BCUT2D eigenvalue weighted by molar-refractivity contribution is 0.148. The number of methoxy groups -OCH3 is 1. The summed E-state index contributed by atoms with van der Waals surface area (Å²) in [6.45, 7) is 5.28. The van der Waals surface area contributed by atoms with Crippen LogP contribution in [0.3, 0.4) is 0 Å². The van der Waals surface area contributed by atoms with Gasteiger partial charge in [0.1, 0.15) is 11.4 Å². The van der Waals surface area contributed by atoms with Crippen molar-refractivity contribution >= 4 is 5.65 Å². The Labute approximate surface area is 183 Å². The highest BCUT2D eigenvalue weighted by Gasteiger charge is 2.23. The van der Waals surface area contributed by atoms with Crippen LogP contribution in [0, 0.1) is 0 Å². The third kappa shape index (κ3) is 3.73. The molecule has 31 heavy (non-hydrogen) atoms. The Kier molecular flexibility index (Phi) is 5.26. The molecule has 0 radical (unpaired) electrons. The van der Waals surface area contributed by atoms with E-state index in [2.05, 4.69) is 77.1 Å². The highest BCUT2D eigenvalue weighted by atomic mass is 16.5. The molecule has 1 aliphatic heterocycles. The fourth-order valence-electron chi connectivity index (χ4n) is 4.46. The number of aromatic nitrogens is 3. The largest absolute Gasteiger partial charge is 0.497 e. The topological polar surface area (TPSA) is 37.9 Å². The summed E-state index contributed by atoms with van der Waals surface area (Å²) in [4.78, 5) is 4.94. The second-order valence-electron chi connectivity index (χ2n) is 8.34. The van der Waals surface area contributed by atoms with E-state index in [4.69, 9.17) is 9.84 Å². The molecule has 2 aromatic carbocycles. The number of likely N-dealkylation sites (N-methyl/N-ethyl adjacent to an activating group) is 1. The average Bonchev–Trinajstić information content (AvgIpc) is 3.33. The van der Waals surface area contributed by atoms with Gasteiger partial charge in [-0.2, -0.15) is 5.10 Å². The van der Waals surface area contributed by atoms with Gasteiger partial charge >= 0.3 is 0 Å². The van der Waals surface area contributed by atoms with E-state index in [1.807, 2.05) is 16.6 Å². The second-order valence-corrected chi connectivity index (χ2v) is 8.34. The predicted molar refractivity (Wildman–Crippen MR) is 124 cm³/mol. The normalized spacial score (nSPS) is 15.6. The van der Waals surface area contributed by atoms with Gasteiger partial charge in [-0.15, -0.1) is 0 Å². The van der Waals surface area contributed by atoms with Crippen molar-refractivity contribution in [1.29, 1.82) is 0 Å². The third-order valence-electron chi connectivity index (χ3n) is 6.31. The van der Waals surface area contributed by atoms with Gasteiger partial charge in [-0.1, -0.05) is 30.3 Å². The molecule has 0 atom stereocenters.